The summed E-state index contributed by atoms with van der Waals surface area (Å²) in [4.78, 5) is 35.4. The lowest BCUT2D eigenvalue weighted by atomic mass is 9.98. The van der Waals surface area contributed by atoms with Crippen molar-refractivity contribution < 1.29 is 24.2 Å². The van der Waals surface area contributed by atoms with Gasteiger partial charge in [0.05, 0.1) is 12.5 Å². The Morgan fingerprint density at radius 2 is 1.66 bits per heavy atom. The van der Waals surface area contributed by atoms with E-state index in [4.69, 9.17) is 9.84 Å². The number of amides is 2. The number of benzene rings is 2. The van der Waals surface area contributed by atoms with Crippen molar-refractivity contribution in [3.63, 3.8) is 0 Å². The topological polar surface area (TPSA) is 105 Å². The Balaban J connectivity index is 1.34. The molecule has 0 bridgehead atoms. The van der Waals surface area contributed by atoms with E-state index in [1.165, 1.54) is 0 Å². The summed E-state index contributed by atoms with van der Waals surface area (Å²) >= 11 is 0. The minimum Gasteiger partial charge on any atom is -0.472 e. The molecule has 1 saturated carbocycles. The summed E-state index contributed by atoms with van der Waals surface area (Å²) < 4.78 is 5.59. The highest BCUT2D eigenvalue weighted by Crippen LogP contribution is 2.44. The number of carboxylic acid groups (broad SMARTS) is 1. The third-order valence-corrected chi connectivity index (χ3v) is 6.05. The number of carboxylic acids is 1. The maximum absolute atomic E-state index is 12.5. The van der Waals surface area contributed by atoms with E-state index in [-0.39, 0.29) is 36.9 Å². The van der Waals surface area contributed by atoms with E-state index in [1.807, 2.05) is 30.2 Å². The zero-order valence-electron chi connectivity index (χ0n) is 17.5. The summed E-state index contributed by atoms with van der Waals surface area (Å²) in [5.41, 5.74) is 4.61. The van der Waals surface area contributed by atoms with Crippen molar-refractivity contribution in [3.05, 3.63) is 59.7 Å². The molecule has 164 valence electrons. The minimum absolute atomic E-state index is 0.0244. The van der Waals surface area contributed by atoms with Gasteiger partial charge in [0.1, 0.15) is 6.61 Å². The quantitative estimate of drug-likeness (QED) is 0.630. The smallest absolute Gasteiger partial charge is 0.407 e. The third-order valence-electron chi connectivity index (χ3n) is 6.05. The van der Waals surface area contributed by atoms with Crippen molar-refractivity contribution in [2.45, 2.75) is 31.2 Å². The zero-order valence-corrected chi connectivity index (χ0v) is 17.5. The monoisotopic (exact) mass is 432 g/mol. The van der Waals surface area contributed by atoms with Crippen LogP contribution < -0.4 is 10.6 Å². The highest BCUT2D eigenvalue weighted by atomic mass is 16.5. The number of carbonyl (C=O) groups excluding carboxylic acids is 2. The molecule has 2 amide bonds. The van der Waals surface area contributed by atoms with Crippen LogP contribution in [0.15, 0.2) is 48.5 Å². The zero-order chi connectivity index (χ0) is 22.5. The fraction of sp³-hybridized carbons (Fsp3) is 0.320. The van der Waals surface area contributed by atoms with Gasteiger partial charge in [-0.05, 0) is 35.1 Å². The van der Waals surface area contributed by atoms with E-state index >= 15 is 0 Å². The van der Waals surface area contributed by atoms with Gasteiger partial charge in [-0.2, -0.15) is 0 Å². The van der Waals surface area contributed by atoms with Crippen LogP contribution >= 0.6 is 0 Å². The molecule has 7 heteroatoms. The van der Waals surface area contributed by atoms with Gasteiger partial charge in [-0.3, -0.25) is 4.79 Å². The molecule has 4 rings (SSSR count). The highest BCUT2D eigenvalue weighted by molar-refractivity contribution is 5.87. The molecule has 0 radical (unpaired) electrons. The Kier molecular flexibility index (Phi) is 6.41. The lowest BCUT2D eigenvalue weighted by Crippen LogP contribution is -2.44. The average molecular weight is 432 g/mol. The van der Waals surface area contributed by atoms with E-state index in [2.05, 4.69) is 40.8 Å². The number of carbonyl (C=O) groups is 3. The van der Waals surface area contributed by atoms with Gasteiger partial charge in [-0.15, -0.1) is 0 Å². The maximum Gasteiger partial charge on any atom is 0.407 e. The van der Waals surface area contributed by atoms with Crippen LogP contribution in [0, 0.1) is 17.8 Å². The summed E-state index contributed by atoms with van der Waals surface area (Å²) in [5.74, 6) is 2.43. The first-order valence-electron chi connectivity index (χ1n) is 10.7. The lowest BCUT2D eigenvalue weighted by molar-refractivity contribution is -0.130. The van der Waals surface area contributed by atoms with Crippen molar-refractivity contribution in [1.82, 2.24) is 10.6 Å². The van der Waals surface area contributed by atoms with E-state index in [1.54, 1.807) is 0 Å². The van der Waals surface area contributed by atoms with Gasteiger partial charge >= 0.3 is 12.1 Å². The van der Waals surface area contributed by atoms with Gasteiger partial charge in [-0.25, -0.2) is 9.59 Å². The van der Waals surface area contributed by atoms with Crippen molar-refractivity contribution in [2.75, 3.05) is 13.2 Å². The molecule has 2 atom stereocenters. The van der Waals surface area contributed by atoms with Crippen LogP contribution in [0.4, 0.5) is 4.79 Å². The molecular formula is C25H24N2O5. The van der Waals surface area contributed by atoms with Gasteiger partial charge in [0, 0.05) is 17.9 Å². The fourth-order valence-corrected chi connectivity index (χ4v) is 4.62. The average Bonchev–Trinajstić information content (AvgIpc) is 3.37. The number of ether oxygens (including phenoxy) is 1. The van der Waals surface area contributed by atoms with Crippen molar-refractivity contribution in [3.8, 4) is 23.0 Å². The molecule has 2 aliphatic carbocycles. The van der Waals surface area contributed by atoms with Crippen LogP contribution in [0.1, 0.15) is 36.3 Å². The SMILES string of the molecule is O=C(O)C#CCNC(=O)[C@H]1CCC[C@H]1NC(=O)OCC1c2ccccc2-c2ccccc21. The van der Waals surface area contributed by atoms with Crippen LogP contribution in [0.2, 0.25) is 0 Å². The van der Waals surface area contributed by atoms with Gasteiger partial charge in [0.2, 0.25) is 5.91 Å². The molecule has 2 aromatic carbocycles. The molecule has 0 aromatic heterocycles. The molecule has 2 aliphatic rings. The Morgan fingerprint density at radius 3 is 2.31 bits per heavy atom. The van der Waals surface area contributed by atoms with Gasteiger partial charge in [0.15, 0.2) is 0 Å². The third kappa shape index (κ3) is 4.59. The summed E-state index contributed by atoms with van der Waals surface area (Å²) in [7, 11) is 0. The van der Waals surface area contributed by atoms with Crippen LogP contribution in [-0.4, -0.2) is 42.3 Å². The Hall–Kier alpha value is -3.79. The molecule has 3 N–H and O–H groups in total. The Morgan fingerprint density at radius 1 is 1.00 bits per heavy atom. The van der Waals surface area contributed by atoms with Crippen molar-refractivity contribution in [2.24, 2.45) is 5.92 Å². The Labute approximate surface area is 186 Å². The van der Waals surface area contributed by atoms with Crippen LogP contribution in [-0.2, 0) is 14.3 Å². The fourth-order valence-electron chi connectivity index (χ4n) is 4.62. The molecule has 2 aromatic rings. The predicted molar refractivity (Wildman–Crippen MR) is 118 cm³/mol. The summed E-state index contributed by atoms with van der Waals surface area (Å²) in [6.45, 7) is 0.174. The number of rotatable bonds is 5. The van der Waals surface area contributed by atoms with E-state index in [0.29, 0.717) is 12.8 Å². The second kappa shape index (κ2) is 9.56. The summed E-state index contributed by atoms with van der Waals surface area (Å²) in [5, 5.41) is 14.0. The molecular weight excluding hydrogens is 408 g/mol. The number of alkyl carbamates (subject to hydrolysis) is 1. The molecule has 0 unspecified atom stereocenters. The van der Waals surface area contributed by atoms with Crippen LogP contribution in [0.3, 0.4) is 0 Å². The maximum atomic E-state index is 12.5. The van der Waals surface area contributed by atoms with E-state index in [9.17, 15) is 14.4 Å². The van der Waals surface area contributed by atoms with Gasteiger partial charge in [-0.1, -0.05) is 60.9 Å². The number of hydrogen-bond donors (Lipinski definition) is 3. The number of nitrogens with one attached hydrogen (secondary N) is 2. The normalized spacial score (nSPS) is 18.6. The number of fused-ring (bicyclic) bond motifs is 3. The minimum atomic E-state index is -1.24. The molecule has 0 aliphatic heterocycles. The highest BCUT2D eigenvalue weighted by Gasteiger charge is 2.35. The van der Waals surface area contributed by atoms with Crippen LogP contribution in [0.25, 0.3) is 11.1 Å². The summed E-state index contributed by atoms with van der Waals surface area (Å²) in [6.07, 6.45) is 1.60. The van der Waals surface area contributed by atoms with Gasteiger partial charge < -0.3 is 20.5 Å². The molecule has 1 fully saturated rings. The van der Waals surface area contributed by atoms with Crippen molar-refractivity contribution in [1.29, 1.82) is 0 Å². The standard InChI is InChI=1S/C25H24N2O5/c28-23(29)13-6-14-26-24(30)20-11-5-12-22(20)27-25(31)32-15-21-18-9-3-1-7-16(18)17-8-2-4-10-19(17)21/h1-4,7-10,20-22H,5,11-12,14-15H2,(H,26,30)(H,27,31)(H,28,29)/t20-,22+/m0/s1. The molecule has 7 nitrogen and oxygen atoms in total. The first kappa shape index (κ1) is 21.4. The Bertz CT molecular complexity index is 1060. The first-order chi connectivity index (χ1) is 15.5. The summed E-state index contributed by atoms with van der Waals surface area (Å²) in [6, 6.07) is 15.9. The van der Waals surface area contributed by atoms with E-state index in [0.717, 1.165) is 28.7 Å². The largest absolute Gasteiger partial charge is 0.472 e. The van der Waals surface area contributed by atoms with Crippen molar-refractivity contribution >= 4 is 18.0 Å². The van der Waals surface area contributed by atoms with Gasteiger partial charge in [0.25, 0.3) is 0 Å². The predicted octanol–water partition coefficient (Wildman–Crippen LogP) is 2.90. The van der Waals surface area contributed by atoms with Crippen LogP contribution in [0.5, 0.6) is 0 Å². The first-order valence-corrected chi connectivity index (χ1v) is 10.7. The molecule has 0 saturated heterocycles. The molecule has 0 heterocycles. The molecule has 32 heavy (non-hydrogen) atoms. The second-order valence-corrected chi connectivity index (χ2v) is 7.94. The molecule has 0 spiro atoms. The number of aliphatic carboxylic acids is 1. The lowest BCUT2D eigenvalue weighted by Gasteiger charge is -2.21. The second-order valence-electron chi connectivity index (χ2n) is 7.94. The van der Waals surface area contributed by atoms with E-state index < -0.39 is 12.1 Å². The number of hydrogen-bond acceptors (Lipinski definition) is 4.